The van der Waals surface area contributed by atoms with E-state index in [0.29, 0.717) is 15.9 Å². The maximum absolute atomic E-state index is 12.0. The summed E-state index contributed by atoms with van der Waals surface area (Å²) in [7, 11) is -3.27. The molecule has 3 nitrogen and oxygen atoms in total. The molecule has 1 aromatic heterocycles. The predicted molar refractivity (Wildman–Crippen MR) is 69.1 cm³/mol. The third-order valence-corrected chi connectivity index (χ3v) is 5.09. The van der Waals surface area contributed by atoms with Crippen molar-refractivity contribution in [2.45, 2.75) is 24.0 Å². The molecule has 17 heavy (non-hydrogen) atoms. The SMILES string of the molecule is CC(C)S(=O)(=O)c1ccc2nccc(Cl)c2c1. The highest BCUT2D eigenvalue weighted by atomic mass is 35.5. The number of hydrogen-bond acceptors (Lipinski definition) is 3. The third-order valence-electron chi connectivity index (χ3n) is 2.61. The zero-order valence-corrected chi connectivity index (χ0v) is 11.1. The van der Waals surface area contributed by atoms with Crippen molar-refractivity contribution in [1.82, 2.24) is 4.98 Å². The Balaban J connectivity index is 2.71. The number of fused-ring (bicyclic) bond motifs is 1. The minimum atomic E-state index is -3.27. The topological polar surface area (TPSA) is 47.0 Å². The largest absolute Gasteiger partial charge is 0.256 e. The molecule has 0 saturated carbocycles. The quantitative estimate of drug-likeness (QED) is 0.842. The van der Waals surface area contributed by atoms with E-state index in [9.17, 15) is 8.42 Å². The lowest BCUT2D eigenvalue weighted by molar-refractivity contribution is 0.587. The second kappa shape index (κ2) is 4.27. The molecule has 2 aromatic rings. The number of rotatable bonds is 2. The highest BCUT2D eigenvalue weighted by Gasteiger charge is 2.19. The average molecular weight is 270 g/mol. The molecule has 1 aromatic carbocycles. The lowest BCUT2D eigenvalue weighted by Crippen LogP contribution is -2.13. The van der Waals surface area contributed by atoms with Gasteiger partial charge in [-0.15, -0.1) is 0 Å². The van der Waals surface area contributed by atoms with E-state index in [1.165, 1.54) is 0 Å². The summed E-state index contributed by atoms with van der Waals surface area (Å²) < 4.78 is 24.0. The normalized spacial score (nSPS) is 12.2. The first-order valence-electron chi connectivity index (χ1n) is 5.21. The number of halogens is 1. The van der Waals surface area contributed by atoms with Gasteiger partial charge in [0.15, 0.2) is 9.84 Å². The number of sulfone groups is 1. The molecule has 1 heterocycles. The van der Waals surface area contributed by atoms with Crippen LogP contribution in [0.5, 0.6) is 0 Å². The fourth-order valence-electron chi connectivity index (χ4n) is 1.54. The van der Waals surface area contributed by atoms with Gasteiger partial charge in [0.25, 0.3) is 0 Å². The summed E-state index contributed by atoms with van der Waals surface area (Å²) in [6, 6.07) is 6.48. The summed E-state index contributed by atoms with van der Waals surface area (Å²) in [5.41, 5.74) is 0.695. The maximum Gasteiger partial charge on any atom is 0.180 e. The van der Waals surface area contributed by atoms with Crippen LogP contribution in [-0.2, 0) is 9.84 Å². The molecule has 0 unspecified atom stereocenters. The third kappa shape index (κ3) is 2.15. The fourth-order valence-corrected chi connectivity index (χ4v) is 2.83. The van der Waals surface area contributed by atoms with Crippen LogP contribution >= 0.6 is 11.6 Å². The Kier molecular flexibility index (Phi) is 3.10. The molecule has 0 fully saturated rings. The molecule has 5 heteroatoms. The van der Waals surface area contributed by atoms with Crippen LogP contribution in [0.4, 0.5) is 0 Å². The predicted octanol–water partition coefficient (Wildman–Crippen LogP) is 3.07. The number of nitrogens with zero attached hydrogens (tertiary/aromatic N) is 1. The summed E-state index contributed by atoms with van der Waals surface area (Å²) in [6.07, 6.45) is 1.60. The summed E-state index contributed by atoms with van der Waals surface area (Å²) in [5.74, 6) is 0. The molecule has 0 aliphatic carbocycles. The number of pyridine rings is 1. The van der Waals surface area contributed by atoms with E-state index in [-0.39, 0.29) is 4.90 Å². The Morgan fingerprint density at radius 1 is 1.24 bits per heavy atom. The first kappa shape index (κ1) is 12.3. The Morgan fingerprint density at radius 2 is 1.94 bits per heavy atom. The highest BCUT2D eigenvalue weighted by molar-refractivity contribution is 7.92. The molecule has 0 aliphatic heterocycles. The number of hydrogen-bond donors (Lipinski definition) is 0. The molecule has 0 N–H and O–H groups in total. The van der Waals surface area contributed by atoms with Crippen molar-refractivity contribution in [1.29, 1.82) is 0 Å². The summed E-state index contributed by atoms with van der Waals surface area (Å²) in [4.78, 5) is 4.42. The van der Waals surface area contributed by atoms with Crippen LogP contribution in [0.3, 0.4) is 0 Å². The molecule has 0 radical (unpaired) electrons. The molecule has 90 valence electrons. The Hall–Kier alpha value is -1.13. The first-order chi connectivity index (χ1) is 7.93. The van der Waals surface area contributed by atoms with Gasteiger partial charge in [0, 0.05) is 11.6 Å². The average Bonchev–Trinajstić information content (AvgIpc) is 2.29. The van der Waals surface area contributed by atoms with E-state index in [2.05, 4.69) is 4.98 Å². The van der Waals surface area contributed by atoms with Crippen LogP contribution in [0.2, 0.25) is 5.02 Å². The van der Waals surface area contributed by atoms with Crippen molar-refractivity contribution >= 4 is 32.3 Å². The van der Waals surface area contributed by atoms with Gasteiger partial charge in [0.1, 0.15) is 0 Å². The molecule has 0 atom stereocenters. The Morgan fingerprint density at radius 3 is 2.59 bits per heavy atom. The maximum atomic E-state index is 12.0. The molecule has 0 spiro atoms. The van der Waals surface area contributed by atoms with Crippen LogP contribution in [0, 0.1) is 0 Å². The standard InChI is InChI=1S/C12H12ClNO2S/c1-8(2)17(15,16)9-3-4-12-10(7-9)11(13)5-6-14-12/h3-8H,1-2H3. The molecular formula is C12H12ClNO2S. The van der Waals surface area contributed by atoms with Gasteiger partial charge in [0.2, 0.25) is 0 Å². The van der Waals surface area contributed by atoms with Gasteiger partial charge in [-0.3, -0.25) is 4.98 Å². The summed E-state index contributed by atoms with van der Waals surface area (Å²) >= 11 is 6.02. The van der Waals surface area contributed by atoms with E-state index in [1.807, 2.05) is 0 Å². The van der Waals surface area contributed by atoms with Crippen molar-refractivity contribution in [2.24, 2.45) is 0 Å². The minimum absolute atomic E-state index is 0.287. The zero-order chi connectivity index (χ0) is 12.6. The monoisotopic (exact) mass is 269 g/mol. The lowest BCUT2D eigenvalue weighted by atomic mass is 10.2. The zero-order valence-electron chi connectivity index (χ0n) is 9.51. The van der Waals surface area contributed by atoms with Crippen molar-refractivity contribution in [3.8, 4) is 0 Å². The lowest BCUT2D eigenvalue weighted by Gasteiger charge is -2.08. The smallest absolute Gasteiger partial charge is 0.180 e. The van der Waals surface area contributed by atoms with Crippen LogP contribution < -0.4 is 0 Å². The van der Waals surface area contributed by atoms with Crippen molar-refractivity contribution < 1.29 is 8.42 Å². The molecule has 2 rings (SSSR count). The Bertz CT molecular complexity index is 665. The highest BCUT2D eigenvalue weighted by Crippen LogP contribution is 2.25. The van der Waals surface area contributed by atoms with E-state index in [0.717, 1.165) is 0 Å². The van der Waals surface area contributed by atoms with Gasteiger partial charge in [-0.25, -0.2) is 8.42 Å². The van der Waals surface area contributed by atoms with Gasteiger partial charge in [-0.05, 0) is 38.1 Å². The van der Waals surface area contributed by atoms with E-state index in [1.54, 1.807) is 44.3 Å². The van der Waals surface area contributed by atoms with Gasteiger partial charge in [-0.2, -0.15) is 0 Å². The molecule has 0 bridgehead atoms. The van der Waals surface area contributed by atoms with E-state index < -0.39 is 15.1 Å². The van der Waals surface area contributed by atoms with Crippen molar-refractivity contribution in [2.75, 3.05) is 0 Å². The van der Waals surface area contributed by atoms with Crippen LogP contribution in [-0.4, -0.2) is 18.7 Å². The second-order valence-corrected chi connectivity index (χ2v) is 6.98. The first-order valence-corrected chi connectivity index (χ1v) is 7.13. The van der Waals surface area contributed by atoms with Gasteiger partial charge >= 0.3 is 0 Å². The van der Waals surface area contributed by atoms with E-state index in [4.69, 9.17) is 11.6 Å². The Labute approximate surface area is 105 Å². The number of benzene rings is 1. The molecule has 0 aliphatic rings. The van der Waals surface area contributed by atoms with Gasteiger partial charge in [0.05, 0.1) is 20.7 Å². The second-order valence-electron chi connectivity index (χ2n) is 4.07. The van der Waals surface area contributed by atoms with Gasteiger partial charge in [-0.1, -0.05) is 11.6 Å². The number of aromatic nitrogens is 1. The van der Waals surface area contributed by atoms with Crippen LogP contribution in [0.25, 0.3) is 10.9 Å². The van der Waals surface area contributed by atoms with Crippen molar-refractivity contribution in [3.05, 3.63) is 35.5 Å². The summed E-state index contributed by atoms with van der Waals surface area (Å²) in [5, 5.41) is 0.724. The van der Waals surface area contributed by atoms with Crippen LogP contribution in [0.15, 0.2) is 35.4 Å². The minimum Gasteiger partial charge on any atom is -0.256 e. The molecular weight excluding hydrogens is 258 g/mol. The summed E-state index contributed by atoms with van der Waals surface area (Å²) in [6.45, 7) is 3.31. The molecule has 0 saturated heterocycles. The van der Waals surface area contributed by atoms with Crippen LogP contribution in [0.1, 0.15) is 13.8 Å². The van der Waals surface area contributed by atoms with Gasteiger partial charge < -0.3 is 0 Å². The van der Waals surface area contributed by atoms with E-state index >= 15 is 0 Å². The fraction of sp³-hybridized carbons (Fsp3) is 0.250. The molecule has 0 amide bonds. The van der Waals surface area contributed by atoms with Crippen molar-refractivity contribution in [3.63, 3.8) is 0 Å².